The molecule has 3 aliphatic rings. The lowest BCUT2D eigenvalue weighted by Gasteiger charge is -2.27. The molecule has 6 nitrogen and oxygen atoms in total. The first-order valence-electron chi connectivity index (χ1n) is 10.3. The van der Waals surface area contributed by atoms with Crippen LogP contribution in [0.25, 0.3) is 0 Å². The highest BCUT2D eigenvalue weighted by molar-refractivity contribution is 6.24. The molecule has 6 heteroatoms. The predicted octanol–water partition coefficient (Wildman–Crippen LogP) is 2.72. The van der Waals surface area contributed by atoms with E-state index in [2.05, 4.69) is 4.90 Å². The summed E-state index contributed by atoms with van der Waals surface area (Å²) in [7, 11) is 0. The largest absolute Gasteiger partial charge is 0.295 e. The second-order valence-electron chi connectivity index (χ2n) is 8.29. The van der Waals surface area contributed by atoms with Crippen LogP contribution < -0.4 is 4.90 Å². The molecule has 3 fully saturated rings. The summed E-state index contributed by atoms with van der Waals surface area (Å²) in [6.45, 7) is 2.20. The third kappa shape index (κ3) is 2.67. The second kappa shape index (κ2) is 6.99. The summed E-state index contributed by atoms with van der Waals surface area (Å²) in [5, 5.41) is 0. The van der Waals surface area contributed by atoms with E-state index in [1.165, 1.54) is 11.8 Å². The molecule has 0 radical (unpaired) electrons. The monoisotopic (exact) mass is 402 g/mol. The standard InChI is InChI=1S/C24H22N2O4/c1-14(27)15-9-11-17(12-10-15)26-23(29)19-18-8-5-13-25(18)21(20(19)24(26)30)22(28)16-6-3-2-4-7-16/h2-4,6-7,9-12,18-21H,5,8,13H2,1H3/t18-,19+,20-,21+/m1/s1. The number of nitrogens with zero attached hydrogens (tertiary/aromatic N) is 2. The fraction of sp³-hybridized carbons (Fsp3) is 0.333. The maximum Gasteiger partial charge on any atom is 0.239 e. The van der Waals surface area contributed by atoms with E-state index in [0.717, 1.165) is 19.4 Å². The van der Waals surface area contributed by atoms with Gasteiger partial charge in [0.2, 0.25) is 11.8 Å². The average molecular weight is 402 g/mol. The van der Waals surface area contributed by atoms with Crippen LogP contribution in [-0.2, 0) is 9.59 Å². The van der Waals surface area contributed by atoms with Gasteiger partial charge >= 0.3 is 0 Å². The first-order valence-corrected chi connectivity index (χ1v) is 10.3. The van der Waals surface area contributed by atoms with Gasteiger partial charge in [0.05, 0.1) is 23.6 Å². The Bertz CT molecular complexity index is 1050. The lowest BCUT2D eigenvalue weighted by atomic mass is 9.85. The summed E-state index contributed by atoms with van der Waals surface area (Å²) in [4.78, 5) is 55.1. The van der Waals surface area contributed by atoms with E-state index >= 15 is 0 Å². The Morgan fingerprint density at radius 3 is 2.20 bits per heavy atom. The zero-order chi connectivity index (χ0) is 21.0. The number of fused-ring (bicyclic) bond motifs is 3. The minimum atomic E-state index is -0.664. The molecular formula is C24H22N2O4. The number of rotatable bonds is 4. The van der Waals surface area contributed by atoms with Crippen LogP contribution in [0, 0.1) is 11.8 Å². The number of hydrogen-bond donors (Lipinski definition) is 0. The Morgan fingerprint density at radius 1 is 0.867 bits per heavy atom. The van der Waals surface area contributed by atoms with Crippen LogP contribution in [0.4, 0.5) is 5.69 Å². The van der Waals surface area contributed by atoms with Crippen LogP contribution in [0.3, 0.4) is 0 Å². The van der Waals surface area contributed by atoms with Gasteiger partial charge in [-0.15, -0.1) is 0 Å². The van der Waals surface area contributed by atoms with Crippen molar-refractivity contribution in [3.63, 3.8) is 0 Å². The van der Waals surface area contributed by atoms with Crippen LogP contribution in [0.1, 0.15) is 40.5 Å². The van der Waals surface area contributed by atoms with Crippen LogP contribution in [0.15, 0.2) is 54.6 Å². The maximum absolute atomic E-state index is 13.5. The van der Waals surface area contributed by atoms with Crippen molar-refractivity contribution in [2.45, 2.75) is 31.8 Å². The van der Waals surface area contributed by atoms with E-state index in [1.54, 1.807) is 36.4 Å². The van der Waals surface area contributed by atoms with Gasteiger partial charge in [-0.25, -0.2) is 4.90 Å². The Kier molecular flexibility index (Phi) is 4.40. The van der Waals surface area contributed by atoms with Crippen LogP contribution in [-0.4, -0.2) is 46.9 Å². The Balaban J connectivity index is 1.52. The van der Waals surface area contributed by atoms with Crippen molar-refractivity contribution in [3.8, 4) is 0 Å². The molecule has 152 valence electrons. The van der Waals surface area contributed by atoms with E-state index in [1.807, 2.05) is 18.2 Å². The molecule has 2 amide bonds. The van der Waals surface area contributed by atoms with Gasteiger partial charge in [-0.2, -0.15) is 0 Å². The molecule has 0 saturated carbocycles. The van der Waals surface area contributed by atoms with Crippen molar-refractivity contribution in [1.29, 1.82) is 0 Å². The molecule has 2 aromatic rings. The first kappa shape index (κ1) is 18.9. The van der Waals surface area contributed by atoms with Gasteiger partial charge in [0.15, 0.2) is 11.6 Å². The molecule has 3 saturated heterocycles. The molecule has 3 heterocycles. The number of anilines is 1. The van der Waals surface area contributed by atoms with Gasteiger partial charge in [-0.3, -0.25) is 24.1 Å². The van der Waals surface area contributed by atoms with E-state index in [-0.39, 0.29) is 29.4 Å². The summed E-state index contributed by atoms with van der Waals surface area (Å²) in [5.41, 5.74) is 1.55. The molecule has 0 spiro atoms. The van der Waals surface area contributed by atoms with Gasteiger partial charge in [0.1, 0.15) is 0 Å². The summed E-state index contributed by atoms with van der Waals surface area (Å²) in [6, 6.07) is 14.8. The predicted molar refractivity (Wildman–Crippen MR) is 110 cm³/mol. The highest BCUT2D eigenvalue weighted by Gasteiger charge is 2.64. The fourth-order valence-corrected chi connectivity index (χ4v) is 5.39. The molecule has 0 unspecified atom stereocenters. The fourth-order valence-electron chi connectivity index (χ4n) is 5.39. The number of benzene rings is 2. The van der Waals surface area contributed by atoms with E-state index in [4.69, 9.17) is 0 Å². The van der Waals surface area contributed by atoms with E-state index in [0.29, 0.717) is 16.8 Å². The SMILES string of the molecule is CC(=O)c1ccc(N2C(=O)[C@@H]3[C@@H](C2=O)[C@@H](C(=O)c2ccccc2)N2CCC[C@H]32)cc1. The first-order chi connectivity index (χ1) is 14.5. The molecule has 0 N–H and O–H groups in total. The Hall–Kier alpha value is -3.12. The number of carbonyl (C=O) groups is 4. The summed E-state index contributed by atoms with van der Waals surface area (Å²) in [6.07, 6.45) is 1.73. The zero-order valence-corrected chi connectivity index (χ0v) is 16.7. The van der Waals surface area contributed by atoms with E-state index < -0.39 is 17.9 Å². The summed E-state index contributed by atoms with van der Waals surface area (Å²) >= 11 is 0. The molecule has 0 bridgehead atoms. The maximum atomic E-state index is 13.5. The minimum absolute atomic E-state index is 0.0763. The molecule has 0 aromatic heterocycles. The normalized spacial score (nSPS) is 28.0. The van der Waals surface area contributed by atoms with Crippen LogP contribution in [0.2, 0.25) is 0 Å². The lowest BCUT2D eigenvalue weighted by Crippen LogP contribution is -2.46. The number of ketones is 2. The highest BCUT2D eigenvalue weighted by Crippen LogP contribution is 2.48. The van der Waals surface area contributed by atoms with Crippen molar-refractivity contribution in [3.05, 3.63) is 65.7 Å². The average Bonchev–Trinajstić information content (AvgIpc) is 3.40. The lowest BCUT2D eigenvalue weighted by molar-refractivity contribution is -0.123. The van der Waals surface area contributed by atoms with Crippen molar-refractivity contribution >= 4 is 29.1 Å². The van der Waals surface area contributed by atoms with Gasteiger partial charge in [0.25, 0.3) is 0 Å². The van der Waals surface area contributed by atoms with Crippen molar-refractivity contribution < 1.29 is 19.2 Å². The topological polar surface area (TPSA) is 74.8 Å². The van der Waals surface area contributed by atoms with E-state index in [9.17, 15) is 19.2 Å². The molecule has 30 heavy (non-hydrogen) atoms. The molecule has 2 aromatic carbocycles. The number of imide groups is 1. The zero-order valence-electron chi connectivity index (χ0n) is 16.7. The minimum Gasteiger partial charge on any atom is -0.295 e. The molecule has 4 atom stereocenters. The molecular weight excluding hydrogens is 380 g/mol. The van der Waals surface area contributed by atoms with Gasteiger partial charge in [-0.05, 0) is 50.6 Å². The Morgan fingerprint density at radius 2 is 1.53 bits per heavy atom. The molecule has 5 rings (SSSR count). The number of hydrogen-bond acceptors (Lipinski definition) is 5. The number of amides is 2. The quantitative estimate of drug-likeness (QED) is 0.581. The summed E-state index contributed by atoms with van der Waals surface area (Å²) < 4.78 is 0. The van der Waals surface area contributed by atoms with Gasteiger partial charge in [-0.1, -0.05) is 30.3 Å². The van der Waals surface area contributed by atoms with Crippen LogP contribution >= 0.6 is 0 Å². The van der Waals surface area contributed by atoms with Gasteiger partial charge in [0, 0.05) is 17.2 Å². The third-order valence-electron chi connectivity index (χ3n) is 6.71. The highest BCUT2D eigenvalue weighted by atomic mass is 16.2. The van der Waals surface area contributed by atoms with Crippen molar-refractivity contribution in [2.24, 2.45) is 11.8 Å². The van der Waals surface area contributed by atoms with Crippen molar-refractivity contribution in [2.75, 3.05) is 11.4 Å². The summed E-state index contributed by atoms with van der Waals surface area (Å²) in [5.74, 6) is -1.88. The second-order valence-corrected chi connectivity index (χ2v) is 8.29. The van der Waals surface area contributed by atoms with Gasteiger partial charge < -0.3 is 0 Å². The van der Waals surface area contributed by atoms with Crippen molar-refractivity contribution in [1.82, 2.24) is 4.90 Å². The smallest absolute Gasteiger partial charge is 0.239 e. The third-order valence-corrected chi connectivity index (χ3v) is 6.71. The number of Topliss-reactive ketones (excluding diaryl/α,β-unsaturated/α-hetero) is 2. The Labute approximate surface area is 174 Å². The van der Waals surface area contributed by atoms with Crippen LogP contribution in [0.5, 0.6) is 0 Å². The molecule has 0 aliphatic carbocycles. The molecule has 3 aliphatic heterocycles. The number of carbonyl (C=O) groups excluding carboxylic acids is 4.